The molecule has 1 aromatic heterocycles. The second-order valence-electron chi connectivity index (χ2n) is 5.91. The summed E-state index contributed by atoms with van der Waals surface area (Å²) in [5, 5.41) is 10.8. The Morgan fingerprint density at radius 2 is 1.76 bits per heavy atom. The van der Waals surface area contributed by atoms with Crippen molar-refractivity contribution < 1.29 is 19.5 Å². The molecule has 3 aromatic rings. The van der Waals surface area contributed by atoms with Crippen molar-refractivity contribution in [2.75, 3.05) is 13.2 Å². The van der Waals surface area contributed by atoms with Gasteiger partial charge in [-0.15, -0.1) is 0 Å². The van der Waals surface area contributed by atoms with Gasteiger partial charge in [-0.05, 0) is 47.7 Å². The maximum absolute atomic E-state index is 12.3. The van der Waals surface area contributed by atoms with Gasteiger partial charge in [0, 0.05) is 22.9 Å². The van der Waals surface area contributed by atoms with E-state index in [1.165, 1.54) is 6.20 Å². The average molecular weight is 409 g/mol. The summed E-state index contributed by atoms with van der Waals surface area (Å²) >= 11 is 0.863. The zero-order valence-corrected chi connectivity index (χ0v) is 16.2. The molecule has 0 aliphatic carbocycles. The summed E-state index contributed by atoms with van der Waals surface area (Å²) in [7, 11) is 0. The van der Waals surface area contributed by atoms with Crippen LogP contribution in [0.4, 0.5) is 4.79 Å². The molecule has 0 unspecified atom stereocenters. The quantitative estimate of drug-likeness (QED) is 0.238. The van der Waals surface area contributed by atoms with Crippen LogP contribution < -0.4 is 15.5 Å². The van der Waals surface area contributed by atoms with Gasteiger partial charge in [0.1, 0.15) is 12.4 Å². The minimum absolute atomic E-state index is 0.222. The SMILES string of the molecule is O=C(NO)Sc1ccc(OCCNC(=O)c2cncc(-c3ccccc3)c2)cc1. The lowest BCUT2D eigenvalue weighted by molar-refractivity contribution is 0.0946. The van der Waals surface area contributed by atoms with Crippen LogP contribution in [0.15, 0.2) is 78.0 Å². The van der Waals surface area contributed by atoms with E-state index >= 15 is 0 Å². The Morgan fingerprint density at radius 3 is 2.48 bits per heavy atom. The predicted octanol–water partition coefficient (Wildman–Crippen LogP) is 3.75. The third kappa shape index (κ3) is 6.06. The first-order valence-electron chi connectivity index (χ1n) is 8.79. The van der Waals surface area contributed by atoms with Gasteiger partial charge in [-0.2, -0.15) is 0 Å². The van der Waals surface area contributed by atoms with Crippen LogP contribution in [-0.4, -0.2) is 34.5 Å². The van der Waals surface area contributed by atoms with E-state index in [-0.39, 0.29) is 5.91 Å². The lowest BCUT2D eigenvalue weighted by Gasteiger charge is -2.09. The molecular weight excluding hydrogens is 390 g/mol. The van der Waals surface area contributed by atoms with E-state index in [1.54, 1.807) is 42.0 Å². The Morgan fingerprint density at radius 1 is 1.00 bits per heavy atom. The maximum atomic E-state index is 12.3. The van der Waals surface area contributed by atoms with E-state index < -0.39 is 5.24 Å². The molecule has 0 saturated carbocycles. The number of hydroxylamine groups is 1. The molecule has 0 aliphatic heterocycles. The normalized spacial score (nSPS) is 10.2. The average Bonchev–Trinajstić information content (AvgIpc) is 2.78. The van der Waals surface area contributed by atoms with Crippen molar-refractivity contribution in [1.29, 1.82) is 0 Å². The van der Waals surface area contributed by atoms with Gasteiger partial charge < -0.3 is 10.1 Å². The summed E-state index contributed by atoms with van der Waals surface area (Å²) in [5.41, 5.74) is 3.91. The first kappa shape index (κ1) is 20.4. The second-order valence-corrected chi connectivity index (χ2v) is 6.95. The summed E-state index contributed by atoms with van der Waals surface area (Å²) in [4.78, 5) is 28.3. The van der Waals surface area contributed by atoms with E-state index in [2.05, 4.69) is 10.3 Å². The highest BCUT2D eigenvalue weighted by atomic mass is 32.2. The molecule has 0 radical (unpaired) electrons. The molecule has 0 aliphatic rings. The number of nitrogens with one attached hydrogen (secondary N) is 2. The molecule has 7 nitrogen and oxygen atoms in total. The number of pyridine rings is 1. The molecule has 0 fully saturated rings. The Bertz CT molecular complexity index is 965. The van der Waals surface area contributed by atoms with E-state index in [0.717, 1.165) is 22.9 Å². The van der Waals surface area contributed by atoms with Crippen LogP contribution in [0, 0.1) is 0 Å². The molecule has 29 heavy (non-hydrogen) atoms. The predicted molar refractivity (Wildman–Crippen MR) is 110 cm³/mol. The molecule has 8 heteroatoms. The standard InChI is InChI=1S/C21H19N3O4S/c25-20(17-12-16(13-22-14-17)15-4-2-1-3-5-15)23-10-11-28-18-6-8-19(9-7-18)29-21(26)24-27/h1-9,12-14,27H,10-11H2,(H,23,25)(H,24,26). The molecule has 0 bridgehead atoms. The Balaban J connectivity index is 1.47. The van der Waals surface area contributed by atoms with Crippen molar-refractivity contribution >= 4 is 22.9 Å². The van der Waals surface area contributed by atoms with Crippen molar-refractivity contribution in [1.82, 2.24) is 15.8 Å². The first-order valence-corrected chi connectivity index (χ1v) is 9.61. The topological polar surface area (TPSA) is 101 Å². The number of amides is 2. The summed E-state index contributed by atoms with van der Waals surface area (Å²) in [6.45, 7) is 0.624. The van der Waals surface area contributed by atoms with Crippen LogP contribution >= 0.6 is 11.8 Å². The molecule has 3 N–H and O–H groups in total. The number of rotatable bonds is 7. The number of hydrogen-bond donors (Lipinski definition) is 3. The molecule has 148 valence electrons. The molecule has 1 heterocycles. The molecular formula is C21H19N3O4S. The van der Waals surface area contributed by atoms with Gasteiger partial charge in [0.25, 0.3) is 5.91 Å². The number of carbonyl (C=O) groups is 2. The number of nitrogens with zero attached hydrogens (tertiary/aromatic N) is 1. The van der Waals surface area contributed by atoms with Crippen molar-refractivity contribution in [2.45, 2.75) is 4.90 Å². The highest BCUT2D eigenvalue weighted by Crippen LogP contribution is 2.22. The Kier molecular flexibility index (Phi) is 7.21. The van der Waals surface area contributed by atoms with Crippen LogP contribution in [-0.2, 0) is 0 Å². The van der Waals surface area contributed by atoms with Crippen molar-refractivity contribution in [2.24, 2.45) is 0 Å². The molecule has 0 atom stereocenters. The molecule has 2 amide bonds. The number of thioether (sulfide) groups is 1. The van der Waals surface area contributed by atoms with Gasteiger partial charge in [0.2, 0.25) is 0 Å². The van der Waals surface area contributed by atoms with Gasteiger partial charge >= 0.3 is 5.24 Å². The van der Waals surface area contributed by atoms with Crippen molar-refractivity contribution in [3.8, 4) is 16.9 Å². The second kappa shape index (κ2) is 10.3. The van der Waals surface area contributed by atoms with Crippen LogP contribution in [0.25, 0.3) is 11.1 Å². The van der Waals surface area contributed by atoms with Crippen LogP contribution in [0.3, 0.4) is 0 Å². The van der Waals surface area contributed by atoms with Gasteiger partial charge in [0.15, 0.2) is 0 Å². The molecule has 0 spiro atoms. The number of carbonyl (C=O) groups excluding carboxylic acids is 2. The monoisotopic (exact) mass is 409 g/mol. The lowest BCUT2D eigenvalue weighted by atomic mass is 10.1. The smallest absolute Gasteiger partial charge is 0.307 e. The largest absolute Gasteiger partial charge is 0.492 e. The maximum Gasteiger partial charge on any atom is 0.307 e. The number of hydrogen-bond acceptors (Lipinski definition) is 6. The zero-order valence-electron chi connectivity index (χ0n) is 15.4. The Hall–Kier alpha value is -3.36. The lowest BCUT2D eigenvalue weighted by Crippen LogP contribution is -2.28. The third-order valence-electron chi connectivity index (χ3n) is 3.89. The summed E-state index contributed by atoms with van der Waals surface area (Å²) in [5.74, 6) is 0.390. The fourth-order valence-electron chi connectivity index (χ4n) is 2.52. The highest BCUT2D eigenvalue weighted by Gasteiger charge is 2.08. The van der Waals surface area contributed by atoms with E-state index in [0.29, 0.717) is 29.4 Å². The fraction of sp³-hybridized carbons (Fsp3) is 0.0952. The Labute approximate surface area is 172 Å². The van der Waals surface area contributed by atoms with Gasteiger partial charge in [-0.1, -0.05) is 30.3 Å². The fourth-order valence-corrected chi connectivity index (χ4v) is 3.05. The van der Waals surface area contributed by atoms with Crippen LogP contribution in [0.5, 0.6) is 5.75 Å². The number of aromatic nitrogens is 1. The first-order chi connectivity index (χ1) is 14.2. The number of benzene rings is 2. The van der Waals surface area contributed by atoms with Crippen molar-refractivity contribution in [3.63, 3.8) is 0 Å². The third-order valence-corrected chi connectivity index (χ3v) is 4.67. The van der Waals surface area contributed by atoms with E-state index in [4.69, 9.17) is 9.94 Å². The number of ether oxygens (including phenoxy) is 1. The molecule has 3 rings (SSSR count). The van der Waals surface area contributed by atoms with Crippen LogP contribution in [0.1, 0.15) is 10.4 Å². The summed E-state index contributed by atoms with van der Waals surface area (Å²) < 4.78 is 5.58. The molecule has 0 saturated heterocycles. The molecule has 2 aromatic carbocycles. The van der Waals surface area contributed by atoms with Crippen LogP contribution in [0.2, 0.25) is 0 Å². The van der Waals surface area contributed by atoms with Crippen molar-refractivity contribution in [3.05, 3.63) is 78.6 Å². The minimum atomic E-state index is -0.563. The minimum Gasteiger partial charge on any atom is -0.492 e. The van der Waals surface area contributed by atoms with Gasteiger partial charge in [-0.25, -0.2) is 5.48 Å². The summed E-state index contributed by atoms with van der Waals surface area (Å²) in [6, 6.07) is 18.4. The summed E-state index contributed by atoms with van der Waals surface area (Å²) in [6.07, 6.45) is 3.25. The highest BCUT2D eigenvalue weighted by molar-refractivity contribution is 8.13. The van der Waals surface area contributed by atoms with E-state index in [1.807, 2.05) is 30.3 Å². The zero-order chi connectivity index (χ0) is 20.5. The van der Waals surface area contributed by atoms with Gasteiger partial charge in [-0.3, -0.25) is 19.8 Å². The van der Waals surface area contributed by atoms with Gasteiger partial charge in [0.05, 0.1) is 12.1 Å². The van der Waals surface area contributed by atoms with E-state index in [9.17, 15) is 9.59 Å².